The third-order valence-electron chi connectivity index (χ3n) is 5.74. The molecule has 132 valence electrons. The maximum Gasteiger partial charge on any atom is 0.319 e. The zero-order chi connectivity index (χ0) is 17.2. The molecule has 0 bridgehead atoms. The summed E-state index contributed by atoms with van der Waals surface area (Å²) in [7, 11) is 4.03. The predicted molar refractivity (Wildman–Crippen MR) is 97.8 cm³/mol. The van der Waals surface area contributed by atoms with Crippen LogP contribution >= 0.6 is 0 Å². The minimum absolute atomic E-state index is 0.0910. The molecule has 1 heterocycles. The number of rotatable bonds is 3. The van der Waals surface area contributed by atoms with Crippen LogP contribution in [-0.2, 0) is 4.74 Å². The smallest absolute Gasteiger partial charge is 0.319 e. The summed E-state index contributed by atoms with van der Waals surface area (Å²) < 4.78 is 5.52. The number of hydrogen-bond donors (Lipinski definition) is 2. The molecule has 24 heavy (non-hydrogen) atoms. The van der Waals surface area contributed by atoms with Gasteiger partial charge in [0, 0.05) is 44.7 Å². The number of nitrogens with one attached hydrogen (secondary N) is 2. The third-order valence-corrected chi connectivity index (χ3v) is 5.74. The zero-order valence-electron chi connectivity index (χ0n) is 15.0. The molecule has 2 N–H and O–H groups in total. The van der Waals surface area contributed by atoms with Crippen molar-refractivity contribution in [3.8, 4) is 0 Å². The Hall–Kier alpha value is -1.75. The Morgan fingerprint density at radius 1 is 1.25 bits per heavy atom. The van der Waals surface area contributed by atoms with Gasteiger partial charge in [-0.1, -0.05) is 12.5 Å². The van der Waals surface area contributed by atoms with Gasteiger partial charge in [-0.05, 0) is 55.7 Å². The number of carbonyl (C=O) groups is 1. The van der Waals surface area contributed by atoms with E-state index in [0.717, 1.165) is 49.4 Å². The second-order valence-electron chi connectivity index (χ2n) is 7.36. The molecule has 1 aliphatic carbocycles. The number of urea groups is 1. The molecule has 5 nitrogen and oxygen atoms in total. The van der Waals surface area contributed by atoms with E-state index in [-0.39, 0.29) is 17.5 Å². The van der Waals surface area contributed by atoms with Crippen molar-refractivity contribution in [2.24, 2.45) is 5.41 Å². The fourth-order valence-corrected chi connectivity index (χ4v) is 4.30. The van der Waals surface area contributed by atoms with Crippen LogP contribution in [0.5, 0.6) is 0 Å². The lowest BCUT2D eigenvalue weighted by molar-refractivity contribution is 0.00652. The summed E-state index contributed by atoms with van der Waals surface area (Å²) in [6, 6.07) is 6.17. The summed E-state index contributed by atoms with van der Waals surface area (Å²) in [5.74, 6) is 0. The first-order valence-electron chi connectivity index (χ1n) is 8.94. The van der Waals surface area contributed by atoms with Gasteiger partial charge >= 0.3 is 6.03 Å². The third kappa shape index (κ3) is 3.36. The number of nitrogens with zero attached hydrogens (tertiary/aromatic N) is 1. The largest absolute Gasteiger partial charge is 0.381 e. The molecule has 2 aliphatic rings. The molecule has 0 aromatic heterocycles. The molecule has 2 fully saturated rings. The summed E-state index contributed by atoms with van der Waals surface area (Å²) in [6.45, 7) is 3.69. The Balaban J connectivity index is 1.67. The second kappa shape index (κ2) is 7.01. The van der Waals surface area contributed by atoms with Crippen LogP contribution in [0.4, 0.5) is 16.2 Å². The van der Waals surface area contributed by atoms with Crippen LogP contribution in [0.25, 0.3) is 0 Å². The molecule has 1 aromatic carbocycles. The molecular weight excluding hydrogens is 302 g/mol. The number of ether oxygens (including phenoxy) is 1. The highest BCUT2D eigenvalue weighted by molar-refractivity contribution is 5.91. The Kier molecular flexibility index (Phi) is 4.99. The minimum atomic E-state index is -0.0910. The van der Waals surface area contributed by atoms with Crippen LogP contribution in [0.15, 0.2) is 18.2 Å². The van der Waals surface area contributed by atoms with Gasteiger partial charge in [-0.25, -0.2) is 4.79 Å². The number of benzene rings is 1. The van der Waals surface area contributed by atoms with Crippen molar-refractivity contribution in [1.82, 2.24) is 5.32 Å². The van der Waals surface area contributed by atoms with Crippen molar-refractivity contribution < 1.29 is 9.53 Å². The average Bonchev–Trinajstić information content (AvgIpc) is 2.91. The van der Waals surface area contributed by atoms with Crippen molar-refractivity contribution >= 4 is 17.4 Å². The topological polar surface area (TPSA) is 53.6 Å². The molecule has 2 amide bonds. The van der Waals surface area contributed by atoms with Gasteiger partial charge in [-0.2, -0.15) is 0 Å². The van der Waals surface area contributed by atoms with Gasteiger partial charge in [0.1, 0.15) is 0 Å². The van der Waals surface area contributed by atoms with Crippen LogP contribution < -0.4 is 15.5 Å². The highest BCUT2D eigenvalue weighted by Gasteiger charge is 2.44. The zero-order valence-corrected chi connectivity index (χ0v) is 15.0. The van der Waals surface area contributed by atoms with Crippen molar-refractivity contribution in [3.05, 3.63) is 23.8 Å². The highest BCUT2D eigenvalue weighted by atomic mass is 16.5. The Bertz CT molecular complexity index is 594. The maximum atomic E-state index is 12.6. The maximum absolute atomic E-state index is 12.6. The van der Waals surface area contributed by atoms with E-state index in [4.69, 9.17) is 4.74 Å². The summed E-state index contributed by atoms with van der Waals surface area (Å²) in [6.07, 6.45) is 5.60. The van der Waals surface area contributed by atoms with Crippen LogP contribution in [0.1, 0.15) is 37.7 Å². The van der Waals surface area contributed by atoms with Crippen LogP contribution in [-0.4, -0.2) is 39.4 Å². The van der Waals surface area contributed by atoms with E-state index in [1.165, 1.54) is 12.8 Å². The van der Waals surface area contributed by atoms with Gasteiger partial charge in [0.15, 0.2) is 0 Å². The molecule has 1 aromatic rings. The Morgan fingerprint density at radius 3 is 2.71 bits per heavy atom. The van der Waals surface area contributed by atoms with Gasteiger partial charge < -0.3 is 20.3 Å². The van der Waals surface area contributed by atoms with E-state index in [2.05, 4.69) is 21.6 Å². The lowest BCUT2D eigenvalue weighted by atomic mass is 9.75. The minimum Gasteiger partial charge on any atom is -0.381 e. The van der Waals surface area contributed by atoms with Gasteiger partial charge in [-0.15, -0.1) is 0 Å². The van der Waals surface area contributed by atoms with E-state index in [1.54, 1.807) is 0 Å². The van der Waals surface area contributed by atoms with Crippen LogP contribution in [0.3, 0.4) is 0 Å². The summed E-state index contributed by atoms with van der Waals surface area (Å²) in [5, 5.41) is 6.29. The van der Waals surface area contributed by atoms with Gasteiger partial charge in [0.05, 0.1) is 0 Å². The van der Waals surface area contributed by atoms with Crippen LogP contribution in [0, 0.1) is 12.3 Å². The van der Waals surface area contributed by atoms with E-state index in [1.807, 2.05) is 33.2 Å². The van der Waals surface area contributed by atoms with E-state index < -0.39 is 0 Å². The molecule has 1 saturated heterocycles. The lowest BCUT2D eigenvalue weighted by Crippen LogP contribution is -2.48. The first kappa shape index (κ1) is 17.1. The average molecular weight is 331 g/mol. The van der Waals surface area contributed by atoms with Gasteiger partial charge in [0.25, 0.3) is 0 Å². The van der Waals surface area contributed by atoms with Crippen molar-refractivity contribution in [3.63, 3.8) is 0 Å². The molecule has 5 heteroatoms. The molecule has 1 aliphatic heterocycles. The normalized spacial score (nSPS) is 22.4. The summed E-state index contributed by atoms with van der Waals surface area (Å²) >= 11 is 0. The monoisotopic (exact) mass is 331 g/mol. The standard InChI is InChI=1S/C19H29N3O2/c1-14-15(6-4-7-16(14)22(2)3)20-18(23)21-17-8-5-9-19(17)10-12-24-13-11-19/h4,6-7,17H,5,8-13H2,1-3H3,(H2,20,21,23). The quantitative estimate of drug-likeness (QED) is 0.891. The molecule has 1 spiro atoms. The van der Waals surface area contributed by atoms with Crippen molar-refractivity contribution in [2.75, 3.05) is 37.5 Å². The fraction of sp³-hybridized carbons (Fsp3) is 0.632. The molecular formula is C19H29N3O2. The van der Waals surface area contributed by atoms with Crippen LogP contribution in [0.2, 0.25) is 0 Å². The molecule has 0 radical (unpaired) electrons. The first-order valence-corrected chi connectivity index (χ1v) is 8.94. The summed E-state index contributed by atoms with van der Waals surface area (Å²) in [4.78, 5) is 14.6. The number of anilines is 2. The molecule has 1 atom stereocenters. The number of amides is 2. The fourth-order valence-electron chi connectivity index (χ4n) is 4.30. The SMILES string of the molecule is Cc1c(NC(=O)NC2CCCC23CCOCC3)cccc1N(C)C. The van der Waals surface area contributed by atoms with Crippen molar-refractivity contribution in [1.29, 1.82) is 0 Å². The van der Waals surface area contributed by atoms with Gasteiger partial charge in [-0.3, -0.25) is 0 Å². The lowest BCUT2D eigenvalue weighted by Gasteiger charge is -2.39. The van der Waals surface area contributed by atoms with E-state index in [0.29, 0.717) is 0 Å². The molecule has 1 unspecified atom stereocenters. The Labute approximate surface area is 144 Å². The highest BCUT2D eigenvalue weighted by Crippen LogP contribution is 2.46. The Morgan fingerprint density at radius 2 is 2.00 bits per heavy atom. The van der Waals surface area contributed by atoms with Crippen molar-refractivity contribution in [2.45, 2.75) is 45.1 Å². The predicted octanol–water partition coefficient (Wildman–Crippen LogP) is 3.53. The van der Waals surface area contributed by atoms with Gasteiger partial charge in [0.2, 0.25) is 0 Å². The number of carbonyl (C=O) groups excluding carboxylic acids is 1. The van der Waals surface area contributed by atoms with E-state index in [9.17, 15) is 4.79 Å². The molecule has 1 saturated carbocycles. The summed E-state index contributed by atoms with van der Waals surface area (Å²) in [5.41, 5.74) is 3.33. The number of hydrogen-bond acceptors (Lipinski definition) is 3. The first-order chi connectivity index (χ1) is 11.5. The molecule has 3 rings (SSSR count). The van der Waals surface area contributed by atoms with E-state index >= 15 is 0 Å². The second-order valence-corrected chi connectivity index (χ2v) is 7.36.